The molecule has 2 fully saturated rings. The van der Waals surface area contributed by atoms with Crippen molar-refractivity contribution in [1.29, 1.82) is 0 Å². The van der Waals surface area contributed by atoms with Crippen LogP contribution in [-0.4, -0.2) is 64.8 Å². The van der Waals surface area contributed by atoms with Gasteiger partial charge in [0.15, 0.2) is 0 Å². The minimum Gasteiger partial charge on any atom is -0.378 e. The second-order valence-corrected chi connectivity index (χ2v) is 8.21. The zero-order valence-electron chi connectivity index (χ0n) is 17.6. The lowest BCUT2D eigenvalue weighted by molar-refractivity contribution is -0.136. The minimum absolute atomic E-state index is 0.167. The molecule has 10 nitrogen and oxygen atoms in total. The fourth-order valence-corrected chi connectivity index (χ4v) is 4.45. The summed E-state index contributed by atoms with van der Waals surface area (Å²) in [5.41, 5.74) is 3.30. The number of nitrogens with one attached hydrogen (secondary N) is 3. The Kier molecular flexibility index (Phi) is 5.44. The normalized spacial score (nSPS) is 20.9. The Morgan fingerprint density at radius 2 is 1.88 bits per heavy atom. The molecule has 1 aromatic carbocycles. The molecule has 10 heteroatoms. The van der Waals surface area contributed by atoms with Gasteiger partial charge in [-0.2, -0.15) is 0 Å². The van der Waals surface area contributed by atoms with Crippen LogP contribution in [0.2, 0.25) is 0 Å². The average Bonchev–Trinajstić information content (AvgIpc) is 3.15. The first-order chi connectivity index (χ1) is 15.6. The molecule has 166 valence electrons. The van der Waals surface area contributed by atoms with Gasteiger partial charge < -0.3 is 20.4 Å². The first-order valence-corrected chi connectivity index (χ1v) is 10.9. The first-order valence-electron chi connectivity index (χ1n) is 10.9. The highest BCUT2D eigenvalue weighted by atomic mass is 16.2. The van der Waals surface area contributed by atoms with Crippen LogP contribution in [0.25, 0.3) is 0 Å². The third-order valence-corrected chi connectivity index (χ3v) is 6.20. The van der Waals surface area contributed by atoms with Crippen LogP contribution in [0.3, 0.4) is 0 Å². The van der Waals surface area contributed by atoms with Crippen molar-refractivity contribution >= 4 is 29.4 Å². The van der Waals surface area contributed by atoms with Gasteiger partial charge >= 0.3 is 0 Å². The molecule has 2 saturated heterocycles. The average molecular weight is 435 g/mol. The van der Waals surface area contributed by atoms with Gasteiger partial charge in [-0.25, -0.2) is 9.97 Å². The largest absolute Gasteiger partial charge is 0.378 e. The molecule has 0 saturated carbocycles. The summed E-state index contributed by atoms with van der Waals surface area (Å²) in [4.78, 5) is 49.4. The summed E-state index contributed by atoms with van der Waals surface area (Å²) in [6, 6.07) is 5.01. The van der Waals surface area contributed by atoms with Gasteiger partial charge in [-0.05, 0) is 23.6 Å². The van der Waals surface area contributed by atoms with Gasteiger partial charge in [0.05, 0.1) is 18.1 Å². The molecule has 0 bridgehead atoms. The smallest absolute Gasteiger partial charge is 0.255 e. The quantitative estimate of drug-likeness (QED) is 0.572. The third-order valence-electron chi connectivity index (χ3n) is 6.20. The van der Waals surface area contributed by atoms with Crippen LogP contribution in [0.4, 0.5) is 11.6 Å². The van der Waals surface area contributed by atoms with Crippen LogP contribution in [0.15, 0.2) is 30.6 Å². The SMILES string of the molecule is O=C1CCC(N2Cc3c(CNc4cnc(N5CCNCC5)nc4)cccc3C2=O)C(=O)N1. The lowest BCUT2D eigenvalue weighted by Gasteiger charge is -2.29. The van der Waals surface area contributed by atoms with Crippen LogP contribution in [0, 0.1) is 0 Å². The Hall–Kier alpha value is -3.53. The Morgan fingerprint density at radius 3 is 2.62 bits per heavy atom. The Balaban J connectivity index is 1.27. The van der Waals surface area contributed by atoms with Crippen molar-refractivity contribution in [3.63, 3.8) is 0 Å². The summed E-state index contributed by atoms with van der Waals surface area (Å²) in [5, 5.41) is 8.99. The maximum absolute atomic E-state index is 12.9. The summed E-state index contributed by atoms with van der Waals surface area (Å²) in [5.74, 6) is -0.127. The number of aromatic nitrogens is 2. The Labute approximate surface area is 185 Å². The highest BCUT2D eigenvalue weighted by Crippen LogP contribution is 2.30. The molecule has 1 unspecified atom stereocenters. The van der Waals surface area contributed by atoms with Crippen molar-refractivity contribution in [2.24, 2.45) is 0 Å². The molecule has 0 aliphatic carbocycles. The summed E-state index contributed by atoms with van der Waals surface area (Å²) in [6.07, 6.45) is 4.15. The number of anilines is 2. The van der Waals surface area contributed by atoms with E-state index in [2.05, 4.69) is 30.8 Å². The molecule has 0 spiro atoms. The molecule has 1 atom stereocenters. The zero-order chi connectivity index (χ0) is 22.1. The first kappa shape index (κ1) is 20.4. The predicted molar refractivity (Wildman–Crippen MR) is 117 cm³/mol. The van der Waals surface area contributed by atoms with E-state index >= 15 is 0 Å². The molecule has 5 rings (SSSR count). The molecule has 0 radical (unpaired) electrons. The van der Waals surface area contributed by atoms with Crippen molar-refractivity contribution in [3.8, 4) is 0 Å². The van der Waals surface area contributed by atoms with E-state index in [1.165, 1.54) is 0 Å². The predicted octanol–water partition coefficient (Wildman–Crippen LogP) is 0.259. The number of piperidine rings is 1. The van der Waals surface area contributed by atoms with E-state index in [0.717, 1.165) is 48.9 Å². The van der Waals surface area contributed by atoms with Crippen molar-refractivity contribution in [2.75, 3.05) is 36.4 Å². The Bertz CT molecular complexity index is 1050. The minimum atomic E-state index is -0.612. The topological polar surface area (TPSA) is 120 Å². The maximum Gasteiger partial charge on any atom is 0.255 e. The molecule has 4 heterocycles. The molecular weight excluding hydrogens is 410 g/mol. The van der Waals surface area contributed by atoms with Crippen LogP contribution in [0.1, 0.15) is 34.3 Å². The molecule has 3 aliphatic heterocycles. The van der Waals surface area contributed by atoms with Crippen LogP contribution >= 0.6 is 0 Å². The lowest BCUT2D eigenvalue weighted by Crippen LogP contribution is -2.52. The number of benzene rings is 1. The van der Waals surface area contributed by atoms with Gasteiger partial charge in [0.1, 0.15) is 6.04 Å². The number of nitrogens with zero attached hydrogens (tertiary/aromatic N) is 4. The van der Waals surface area contributed by atoms with Gasteiger partial charge in [0.25, 0.3) is 5.91 Å². The van der Waals surface area contributed by atoms with Crippen LogP contribution in [-0.2, 0) is 22.7 Å². The molecule has 1 aromatic heterocycles. The number of carbonyl (C=O) groups excluding carboxylic acids is 3. The molecule has 3 amide bonds. The van der Waals surface area contributed by atoms with E-state index in [-0.39, 0.29) is 18.2 Å². The summed E-state index contributed by atoms with van der Waals surface area (Å²) >= 11 is 0. The van der Waals surface area contributed by atoms with E-state index in [1.807, 2.05) is 12.1 Å². The lowest BCUT2D eigenvalue weighted by atomic mass is 10.0. The summed E-state index contributed by atoms with van der Waals surface area (Å²) in [6.45, 7) is 4.50. The standard InChI is InChI=1S/C22H25N7O3/c30-19-5-4-18(20(31)27-19)29-13-17-14(2-1-3-16(17)21(29)32)10-24-15-11-25-22(26-12-15)28-8-6-23-7-9-28/h1-3,11-12,18,23-24H,4-10,13H2,(H,27,30,31). The van der Waals surface area contributed by atoms with Crippen molar-refractivity contribution in [1.82, 2.24) is 25.5 Å². The fourth-order valence-electron chi connectivity index (χ4n) is 4.45. The van der Waals surface area contributed by atoms with Gasteiger partial charge in [0.2, 0.25) is 17.8 Å². The second-order valence-electron chi connectivity index (χ2n) is 8.21. The zero-order valence-corrected chi connectivity index (χ0v) is 17.6. The van der Waals surface area contributed by atoms with Gasteiger partial charge in [-0.3, -0.25) is 19.7 Å². The highest BCUT2D eigenvalue weighted by molar-refractivity contribution is 6.05. The Morgan fingerprint density at radius 1 is 1.09 bits per heavy atom. The number of carbonyl (C=O) groups is 3. The van der Waals surface area contributed by atoms with E-state index < -0.39 is 11.9 Å². The number of piperazine rings is 1. The highest BCUT2D eigenvalue weighted by Gasteiger charge is 2.39. The van der Waals surface area contributed by atoms with E-state index in [0.29, 0.717) is 25.1 Å². The number of rotatable bonds is 5. The van der Waals surface area contributed by atoms with E-state index in [1.54, 1.807) is 23.4 Å². The van der Waals surface area contributed by atoms with E-state index in [9.17, 15) is 14.4 Å². The molecule has 3 N–H and O–H groups in total. The van der Waals surface area contributed by atoms with Crippen LogP contribution < -0.4 is 20.9 Å². The van der Waals surface area contributed by atoms with Crippen molar-refractivity contribution < 1.29 is 14.4 Å². The maximum atomic E-state index is 12.9. The van der Waals surface area contributed by atoms with Crippen molar-refractivity contribution in [2.45, 2.75) is 32.0 Å². The number of amides is 3. The second kappa shape index (κ2) is 8.54. The fraction of sp³-hybridized carbons (Fsp3) is 0.409. The molecule has 32 heavy (non-hydrogen) atoms. The number of hydrogen-bond acceptors (Lipinski definition) is 8. The summed E-state index contributed by atoms with van der Waals surface area (Å²) < 4.78 is 0. The molecular formula is C22H25N7O3. The molecule has 3 aliphatic rings. The van der Waals surface area contributed by atoms with Gasteiger partial charge in [0, 0.05) is 51.3 Å². The van der Waals surface area contributed by atoms with Crippen LogP contribution in [0.5, 0.6) is 0 Å². The van der Waals surface area contributed by atoms with Crippen molar-refractivity contribution in [3.05, 3.63) is 47.3 Å². The van der Waals surface area contributed by atoms with Gasteiger partial charge in [-0.1, -0.05) is 12.1 Å². The van der Waals surface area contributed by atoms with Gasteiger partial charge in [-0.15, -0.1) is 0 Å². The summed E-state index contributed by atoms with van der Waals surface area (Å²) in [7, 11) is 0. The number of imide groups is 1. The monoisotopic (exact) mass is 435 g/mol. The third kappa shape index (κ3) is 3.89. The number of fused-ring (bicyclic) bond motifs is 1. The number of hydrogen-bond donors (Lipinski definition) is 3. The molecule has 2 aromatic rings. The van der Waals surface area contributed by atoms with E-state index in [4.69, 9.17) is 0 Å².